The molecule has 1 unspecified atom stereocenters. The first kappa shape index (κ1) is 6.89. The van der Waals surface area contributed by atoms with Gasteiger partial charge < -0.3 is 4.90 Å². The lowest BCUT2D eigenvalue weighted by molar-refractivity contribution is -0.126. The number of hydrogen-bond acceptors (Lipinski definition) is 1. The Balaban J connectivity index is 2.16. The SMILES string of the molecule is O=C1C=CCCC2CCCN12. The van der Waals surface area contributed by atoms with E-state index in [1.807, 2.05) is 11.0 Å². The van der Waals surface area contributed by atoms with Gasteiger partial charge in [-0.2, -0.15) is 0 Å². The van der Waals surface area contributed by atoms with E-state index in [0.717, 1.165) is 13.0 Å². The van der Waals surface area contributed by atoms with Crippen LogP contribution in [0.4, 0.5) is 0 Å². The van der Waals surface area contributed by atoms with Crippen LogP contribution >= 0.6 is 0 Å². The van der Waals surface area contributed by atoms with E-state index in [-0.39, 0.29) is 5.91 Å². The molecule has 0 spiro atoms. The Kier molecular flexibility index (Phi) is 1.68. The van der Waals surface area contributed by atoms with E-state index in [1.54, 1.807) is 6.08 Å². The van der Waals surface area contributed by atoms with E-state index in [1.165, 1.54) is 19.3 Å². The van der Waals surface area contributed by atoms with Crippen molar-refractivity contribution in [2.75, 3.05) is 6.54 Å². The molecule has 1 amide bonds. The average molecular weight is 151 g/mol. The molecule has 60 valence electrons. The molecule has 2 heteroatoms. The molecule has 2 rings (SSSR count). The average Bonchev–Trinajstić information content (AvgIpc) is 2.40. The van der Waals surface area contributed by atoms with E-state index >= 15 is 0 Å². The molecule has 0 bridgehead atoms. The fourth-order valence-corrected chi connectivity index (χ4v) is 1.99. The van der Waals surface area contributed by atoms with Gasteiger partial charge in [-0.25, -0.2) is 0 Å². The van der Waals surface area contributed by atoms with Gasteiger partial charge in [0.1, 0.15) is 0 Å². The van der Waals surface area contributed by atoms with Gasteiger partial charge in [-0.1, -0.05) is 6.08 Å². The van der Waals surface area contributed by atoms with Crippen LogP contribution in [0.15, 0.2) is 12.2 Å². The van der Waals surface area contributed by atoms with Gasteiger partial charge in [0.2, 0.25) is 5.91 Å². The highest BCUT2D eigenvalue weighted by atomic mass is 16.2. The Morgan fingerprint density at radius 2 is 2.36 bits per heavy atom. The predicted molar refractivity (Wildman–Crippen MR) is 43.1 cm³/mol. The van der Waals surface area contributed by atoms with E-state index in [0.29, 0.717) is 6.04 Å². The fraction of sp³-hybridized carbons (Fsp3) is 0.667. The number of fused-ring (bicyclic) bond motifs is 1. The maximum absolute atomic E-state index is 11.3. The van der Waals surface area contributed by atoms with Gasteiger partial charge in [0.15, 0.2) is 0 Å². The molecule has 2 aliphatic rings. The van der Waals surface area contributed by atoms with E-state index in [4.69, 9.17) is 0 Å². The zero-order valence-electron chi connectivity index (χ0n) is 6.62. The highest BCUT2D eigenvalue weighted by molar-refractivity contribution is 5.88. The molecule has 0 aromatic carbocycles. The van der Waals surface area contributed by atoms with Crippen LogP contribution in [0.1, 0.15) is 25.7 Å². The lowest BCUT2D eigenvalue weighted by atomic mass is 10.1. The maximum Gasteiger partial charge on any atom is 0.246 e. The Morgan fingerprint density at radius 3 is 3.27 bits per heavy atom. The van der Waals surface area contributed by atoms with E-state index < -0.39 is 0 Å². The van der Waals surface area contributed by atoms with Gasteiger partial charge >= 0.3 is 0 Å². The minimum absolute atomic E-state index is 0.227. The molecule has 11 heavy (non-hydrogen) atoms. The van der Waals surface area contributed by atoms with Crippen molar-refractivity contribution in [1.29, 1.82) is 0 Å². The normalized spacial score (nSPS) is 30.4. The van der Waals surface area contributed by atoms with Crippen LogP contribution in [0.2, 0.25) is 0 Å². The van der Waals surface area contributed by atoms with Gasteiger partial charge in [0, 0.05) is 12.6 Å². The number of carbonyl (C=O) groups excluding carboxylic acids is 1. The Hall–Kier alpha value is -0.790. The lowest BCUT2D eigenvalue weighted by Gasteiger charge is -2.20. The van der Waals surface area contributed by atoms with Crippen LogP contribution in [0.25, 0.3) is 0 Å². The third-order valence-electron chi connectivity index (χ3n) is 2.59. The summed E-state index contributed by atoms with van der Waals surface area (Å²) in [4.78, 5) is 13.4. The molecule has 2 nitrogen and oxygen atoms in total. The molecule has 0 aliphatic carbocycles. The number of hydrogen-bond donors (Lipinski definition) is 0. The molecule has 0 aromatic rings. The molecule has 2 heterocycles. The zero-order valence-corrected chi connectivity index (χ0v) is 6.62. The molecular formula is C9H13NO. The van der Waals surface area contributed by atoms with Gasteiger partial charge in [-0.3, -0.25) is 4.79 Å². The van der Waals surface area contributed by atoms with Crippen molar-refractivity contribution in [2.24, 2.45) is 0 Å². The summed E-state index contributed by atoms with van der Waals surface area (Å²) in [5.41, 5.74) is 0. The van der Waals surface area contributed by atoms with Gasteiger partial charge in [0.05, 0.1) is 0 Å². The monoisotopic (exact) mass is 151 g/mol. The summed E-state index contributed by atoms with van der Waals surface area (Å²) in [5.74, 6) is 0.227. The Morgan fingerprint density at radius 1 is 1.45 bits per heavy atom. The summed E-state index contributed by atoms with van der Waals surface area (Å²) in [6.45, 7) is 0.980. The standard InChI is InChI=1S/C9H13NO/c11-9-6-2-1-4-8-5-3-7-10(8)9/h2,6,8H,1,3-5,7H2. The van der Waals surface area contributed by atoms with Crippen LogP contribution in [0, 0.1) is 0 Å². The van der Waals surface area contributed by atoms with Crippen LogP contribution in [0.5, 0.6) is 0 Å². The third kappa shape index (κ3) is 1.17. The second-order valence-electron chi connectivity index (χ2n) is 3.31. The predicted octanol–water partition coefficient (Wildman–Crippen LogP) is 1.33. The molecule has 1 fully saturated rings. The second-order valence-corrected chi connectivity index (χ2v) is 3.31. The van der Waals surface area contributed by atoms with Crippen molar-refractivity contribution in [2.45, 2.75) is 31.7 Å². The number of rotatable bonds is 0. The molecule has 0 aromatic heterocycles. The highest BCUT2D eigenvalue weighted by Gasteiger charge is 2.27. The molecule has 2 aliphatic heterocycles. The summed E-state index contributed by atoms with van der Waals surface area (Å²) < 4.78 is 0. The third-order valence-corrected chi connectivity index (χ3v) is 2.59. The van der Waals surface area contributed by atoms with Crippen molar-refractivity contribution < 1.29 is 4.79 Å². The van der Waals surface area contributed by atoms with Crippen molar-refractivity contribution in [1.82, 2.24) is 4.90 Å². The Labute approximate surface area is 66.9 Å². The van der Waals surface area contributed by atoms with Crippen molar-refractivity contribution in [3.63, 3.8) is 0 Å². The molecular weight excluding hydrogens is 138 g/mol. The minimum Gasteiger partial charge on any atom is -0.336 e. The lowest BCUT2D eigenvalue weighted by Crippen LogP contribution is -2.32. The van der Waals surface area contributed by atoms with Crippen molar-refractivity contribution in [3.05, 3.63) is 12.2 Å². The molecule has 0 saturated carbocycles. The van der Waals surface area contributed by atoms with Crippen LogP contribution < -0.4 is 0 Å². The number of nitrogens with zero attached hydrogens (tertiary/aromatic N) is 1. The van der Waals surface area contributed by atoms with Gasteiger partial charge in [-0.05, 0) is 31.8 Å². The van der Waals surface area contributed by atoms with Crippen LogP contribution in [-0.2, 0) is 4.79 Å². The van der Waals surface area contributed by atoms with Crippen molar-refractivity contribution >= 4 is 5.91 Å². The smallest absolute Gasteiger partial charge is 0.246 e. The maximum atomic E-state index is 11.3. The quantitative estimate of drug-likeness (QED) is 0.511. The number of carbonyl (C=O) groups is 1. The van der Waals surface area contributed by atoms with Crippen LogP contribution in [0.3, 0.4) is 0 Å². The van der Waals surface area contributed by atoms with Crippen LogP contribution in [-0.4, -0.2) is 23.4 Å². The topological polar surface area (TPSA) is 20.3 Å². The molecule has 1 saturated heterocycles. The number of allylic oxidation sites excluding steroid dienone is 1. The summed E-state index contributed by atoms with van der Waals surface area (Å²) in [6, 6.07) is 0.553. The zero-order chi connectivity index (χ0) is 7.68. The first-order valence-corrected chi connectivity index (χ1v) is 4.35. The van der Waals surface area contributed by atoms with Gasteiger partial charge in [0.25, 0.3) is 0 Å². The fourth-order valence-electron chi connectivity index (χ4n) is 1.99. The molecule has 0 N–H and O–H groups in total. The molecule has 1 atom stereocenters. The summed E-state index contributed by atoms with van der Waals surface area (Å²) in [5, 5.41) is 0. The summed E-state index contributed by atoms with van der Waals surface area (Å²) >= 11 is 0. The van der Waals surface area contributed by atoms with E-state index in [2.05, 4.69) is 0 Å². The first-order valence-electron chi connectivity index (χ1n) is 4.35. The minimum atomic E-state index is 0.227. The largest absolute Gasteiger partial charge is 0.336 e. The molecule has 0 radical (unpaired) electrons. The highest BCUT2D eigenvalue weighted by Crippen LogP contribution is 2.23. The summed E-state index contributed by atoms with van der Waals surface area (Å²) in [7, 11) is 0. The first-order chi connectivity index (χ1) is 5.38. The van der Waals surface area contributed by atoms with E-state index in [9.17, 15) is 4.79 Å². The van der Waals surface area contributed by atoms with Gasteiger partial charge in [-0.15, -0.1) is 0 Å². The second kappa shape index (κ2) is 2.68. The Bertz CT molecular complexity index is 198. The number of amides is 1. The van der Waals surface area contributed by atoms with Crippen molar-refractivity contribution in [3.8, 4) is 0 Å². The summed E-state index contributed by atoms with van der Waals surface area (Å²) in [6.07, 6.45) is 8.39.